The maximum absolute atomic E-state index is 12.2. The molecule has 0 amide bonds. The van der Waals surface area contributed by atoms with E-state index < -0.39 is 0 Å². The number of hydrogen-bond acceptors (Lipinski definition) is 2. The average molecular weight is 397 g/mol. The largest absolute Gasteiger partial charge is 1.00 e. The first-order valence-corrected chi connectivity index (χ1v) is 6.71. The second kappa shape index (κ2) is 7.54. The van der Waals surface area contributed by atoms with Gasteiger partial charge < -0.3 is 28.7 Å². The summed E-state index contributed by atoms with van der Waals surface area (Å²) in [5.74, 6) is -0.308. The van der Waals surface area contributed by atoms with Gasteiger partial charge in [-0.2, -0.15) is 0 Å². The summed E-state index contributed by atoms with van der Waals surface area (Å²) < 4.78 is 5.37. The van der Waals surface area contributed by atoms with Crippen LogP contribution < -0.4 is 29.0 Å². The van der Waals surface area contributed by atoms with Gasteiger partial charge in [0.1, 0.15) is 6.61 Å². The van der Waals surface area contributed by atoms with E-state index in [4.69, 9.17) is 4.74 Å². The van der Waals surface area contributed by atoms with Crippen LogP contribution in [0.3, 0.4) is 0 Å². The highest BCUT2D eigenvalue weighted by molar-refractivity contribution is 5.87. The Morgan fingerprint density at radius 2 is 1.62 bits per heavy atom. The fraction of sp³-hybridized carbons (Fsp3) is 0.294. The summed E-state index contributed by atoms with van der Waals surface area (Å²) in [6, 6.07) is 9.68. The van der Waals surface area contributed by atoms with Crippen molar-refractivity contribution in [2.45, 2.75) is 34.3 Å². The molecule has 1 aromatic carbocycles. The van der Waals surface area contributed by atoms with Gasteiger partial charge in [-0.25, -0.2) is 9.78 Å². The summed E-state index contributed by atoms with van der Waals surface area (Å²) in [5, 5.41) is 0. The summed E-state index contributed by atoms with van der Waals surface area (Å²) in [5.41, 5.74) is 5.79. The summed E-state index contributed by atoms with van der Waals surface area (Å²) in [4.78, 5) is 15.3. The Morgan fingerprint density at radius 1 is 1.00 bits per heavy atom. The summed E-state index contributed by atoms with van der Waals surface area (Å²) in [6.45, 7) is 8.28. The number of nitrogens with one attached hydrogen (secondary N) is 1. The van der Waals surface area contributed by atoms with Gasteiger partial charge >= 0.3 is 5.97 Å². The number of esters is 1. The maximum Gasteiger partial charge on any atom is 0.404 e. The van der Waals surface area contributed by atoms with Crippen LogP contribution in [0.4, 0.5) is 0 Å². The zero-order chi connectivity index (χ0) is 14.7. The van der Waals surface area contributed by atoms with E-state index in [0.717, 1.165) is 22.4 Å². The smallest absolute Gasteiger partial charge is 0.404 e. The second-order valence-corrected chi connectivity index (χ2v) is 5.06. The predicted octanol–water partition coefficient (Wildman–Crippen LogP) is 0.0954. The van der Waals surface area contributed by atoms with Gasteiger partial charge in [0.25, 0.3) is 5.69 Å². The van der Waals surface area contributed by atoms with Gasteiger partial charge in [-0.3, -0.25) is 0 Å². The minimum atomic E-state index is -0.308. The Labute approximate surface area is 142 Å². The molecule has 1 aromatic heterocycles. The van der Waals surface area contributed by atoms with Gasteiger partial charge in [0.15, 0.2) is 5.69 Å². The van der Waals surface area contributed by atoms with Gasteiger partial charge in [-0.1, -0.05) is 30.3 Å². The summed E-state index contributed by atoms with van der Waals surface area (Å²) in [6.07, 6.45) is 0. The van der Waals surface area contributed by atoms with Crippen LogP contribution in [0.5, 0.6) is 0 Å². The molecule has 0 unspecified atom stereocenters. The Balaban J connectivity index is 0.00000220. The zero-order valence-electron chi connectivity index (χ0n) is 12.8. The van der Waals surface area contributed by atoms with E-state index in [-0.39, 0.29) is 29.9 Å². The fourth-order valence-corrected chi connectivity index (χ4v) is 2.12. The van der Waals surface area contributed by atoms with Crippen LogP contribution in [-0.2, 0) is 11.3 Å². The van der Waals surface area contributed by atoms with E-state index in [1.165, 1.54) is 5.56 Å². The van der Waals surface area contributed by atoms with Crippen molar-refractivity contribution in [3.8, 4) is 0 Å². The van der Waals surface area contributed by atoms with Crippen LogP contribution in [0, 0.1) is 27.7 Å². The van der Waals surface area contributed by atoms with Crippen molar-refractivity contribution in [3.63, 3.8) is 0 Å². The molecule has 0 aliphatic heterocycles. The van der Waals surface area contributed by atoms with Gasteiger partial charge in [0, 0.05) is 18.1 Å². The van der Waals surface area contributed by atoms with Crippen molar-refractivity contribution in [2.24, 2.45) is 0 Å². The van der Waals surface area contributed by atoms with Crippen molar-refractivity contribution in [1.82, 2.24) is 0 Å². The molecular weight excluding hydrogens is 377 g/mol. The van der Waals surface area contributed by atoms with Crippen LogP contribution >= 0.6 is 0 Å². The lowest BCUT2D eigenvalue weighted by Crippen LogP contribution is -3.00. The van der Waals surface area contributed by atoms with E-state index >= 15 is 0 Å². The lowest BCUT2D eigenvalue weighted by molar-refractivity contribution is -0.394. The van der Waals surface area contributed by atoms with Crippen LogP contribution in [-0.4, -0.2) is 5.97 Å². The first-order chi connectivity index (χ1) is 9.50. The SMILES string of the molecule is Cc1[nH+]c(C(=O)OCc2ccccc2)c(C)c(C)c1C.[I-]. The van der Waals surface area contributed by atoms with Gasteiger partial charge in [0.2, 0.25) is 0 Å². The molecule has 3 nitrogen and oxygen atoms in total. The monoisotopic (exact) mass is 397 g/mol. The van der Waals surface area contributed by atoms with Crippen LogP contribution in [0.2, 0.25) is 0 Å². The molecule has 21 heavy (non-hydrogen) atoms. The number of aromatic nitrogens is 1. The van der Waals surface area contributed by atoms with Crippen molar-refractivity contribution in [3.05, 3.63) is 64.0 Å². The van der Waals surface area contributed by atoms with Crippen molar-refractivity contribution < 1.29 is 38.5 Å². The molecule has 0 bridgehead atoms. The third-order valence-corrected chi connectivity index (χ3v) is 3.79. The summed E-state index contributed by atoms with van der Waals surface area (Å²) in [7, 11) is 0. The third kappa shape index (κ3) is 4.03. The maximum atomic E-state index is 12.2. The molecule has 1 heterocycles. The van der Waals surface area contributed by atoms with Gasteiger partial charge in [-0.05, 0) is 31.9 Å². The molecule has 1 N–H and O–H groups in total. The van der Waals surface area contributed by atoms with Crippen LogP contribution in [0.1, 0.15) is 38.4 Å². The van der Waals surface area contributed by atoms with Crippen molar-refractivity contribution in [2.75, 3.05) is 0 Å². The number of carbonyl (C=O) groups excluding carboxylic acids is 1. The number of aryl methyl sites for hydroxylation is 1. The van der Waals surface area contributed by atoms with Gasteiger partial charge in [-0.15, -0.1) is 0 Å². The first kappa shape index (κ1) is 17.6. The quantitative estimate of drug-likeness (QED) is 0.545. The molecule has 0 saturated carbocycles. The molecule has 112 valence electrons. The molecule has 2 aromatic rings. The highest BCUT2D eigenvalue weighted by Gasteiger charge is 2.23. The molecule has 0 saturated heterocycles. The van der Waals surface area contributed by atoms with E-state index in [1.807, 2.05) is 58.0 Å². The molecule has 0 atom stereocenters. The molecule has 0 aliphatic rings. The highest BCUT2D eigenvalue weighted by Crippen LogP contribution is 2.16. The molecule has 0 radical (unpaired) electrons. The zero-order valence-corrected chi connectivity index (χ0v) is 14.9. The second-order valence-electron chi connectivity index (χ2n) is 5.06. The lowest BCUT2D eigenvalue weighted by atomic mass is 10.0. The first-order valence-electron chi connectivity index (χ1n) is 6.71. The van der Waals surface area contributed by atoms with Crippen LogP contribution in [0.25, 0.3) is 0 Å². The third-order valence-electron chi connectivity index (χ3n) is 3.79. The minimum absolute atomic E-state index is 0. The molecule has 4 heteroatoms. The number of hydrogen-bond donors (Lipinski definition) is 0. The number of carbonyl (C=O) groups is 1. The minimum Gasteiger partial charge on any atom is -1.00 e. The Bertz CT molecular complexity index is 639. The standard InChI is InChI=1S/C17H19NO2.HI/c1-11-12(2)14(4)18-16(13(11)3)17(19)20-10-15-8-6-5-7-9-15;/h5-9H,10H2,1-4H3;1H. The molecular formula is C17H20INO2. The number of benzene rings is 1. The van der Waals surface area contributed by atoms with Crippen LogP contribution in [0.15, 0.2) is 30.3 Å². The van der Waals surface area contributed by atoms with E-state index in [9.17, 15) is 4.79 Å². The highest BCUT2D eigenvalue weighted by atomic mass is 127. The number of ether oxygens (including phenoxy) is 1. The molecule has 0 fully saturated rings. The molecule has 0 spiro atoms. The number of pyridine rings is 1. The Morgan fingerprint density at radius 3 is 2.24 bits per heavy atom. The number of rotatable bonds is 3. The number of H-pyrrole nitrogens is 1. The van der Waals surface area contributed by atoms with E-state index in [0.29, 0.717) is 12.3 Å². The van der Waals surface area contributed by atoms with Crippen molar-refractivity contribution >= 4 is 5.97 Å². The lowest BCUT2D eigenvalue weighted by Gasteiger charge is -2.08. The van der Waals surface area contributed by atoms with E-state index in [1.54, 1.807) is 0 Å². The topological polar surface area (TPSA) is 40.4 Å². The molecule has 0 aliphatic carbocycles. The fourth-order valence-electron chi connectivity index (χ4n) is 2.12. The number of aromatic amines is 1. The van der Waals surface area contributed by atoms with Gasteiger partial charge in [0.05, 0.1) is 0 Å². The molecule has 2 rings (SSSR count). The summed E-state index contributed by atoms with van der Waals surface area (Å²) >= 11 is 0. The Kier molecular flexibility index (Phi) is 6.33. The normalized spacial score (nSPS) is 9.90. The number of halogens is 1. The van der Waals surface area contributed by atoms with E-state index in [2.05, 4.69) is 4.98 Å². The predicted molar refractivity (Wildman–Crippen MR) is 77.5 cm³/mol. The Hall–Kier alpha value is -1.43. The van der Waals surface area contributed by atoms with Crippen molar-refractivity contribution in [1.29, 1.82) is 0 Å². The average Bonchev–Trinajstić information content (AvgIpc) is 2.47.